The molecule has 4 rings (SSSR count). The normalized spacial score (nSPS) is 26.9. The van der Waals surface area contributed by atoms with Crippen LogP contribution in [0.3, 0.4) is 0 Å². The quantitative estimate of drug-likeness (QED) is 0.673. The molecule has 0 amide bonds. The Hall–Kier alpha value is -1.31. The van der Waals surface area contributed by atoms with Crippen molar-refractivity contribution in [3.05, 3.63) is 29.3 Å². The fourth-order valence-electron chi connectivity index (χ4n) is 3.89. The van der Waals surface area contributed by atoms with Gasteiger partial charge >= 0.3 is 0 Å². The summed E-state index contributed by atoms with van der Waals surface area (Å²) in [6.07, 6.45) is 5.70. The summed E-state index contributed by atoms with van der Waals surface area (Å²) in [7, 11) is 0. The summed E-state index contributed by atoms with van der Waals surface area (Å²) in [4.78, 5) is 12.2. The molecule has 0 saturated heterocycles. The highest BCUT2D eigenvalue weighted by molar-refractivity contribution is 6.02. The molecular weight excluding hydrogens is 198 g/mol. The smallest absolute Gasteiger partial charge is 0.163 e. The fraction of sp³-hybridized carbons (Fsp3) is 0.500. The van der Waals surface area contributed by atoms with Crippen LogP contribution in [0.25, 0.3) is 0 Å². The van der Waals surface area contributed by atoms with E-state index in [9.17, 15) is 4.79 Å². The van der Waals surface area contributed by atoms with Crippen molar-refractivity contribution in [2.75, 3.05) is 5.73 Å². The zero-order valence-corrected chi connectivity index (χ0v) is 9.25. The van der Waals surface area contributed by atoms with Crippen LogP contribution in [0.15, 0.2) is 18.2 Å². The Morgan fingerprint density at radius 1 is 1.12 bits per heavy atom. The minimum Gasteiger partial charge on any atom is -0.398 e. The van der Waals surface area contributed by atoms with E-state index in [1.807, 2.05) is 18.2 Å². The molecule has 0 radical (unpaired) electrons. The Labute approximate surface area is 94.8 Å². The third kappa shape index (κ3) is 0.796. The predicted molar refractivity (Wildman–Crippen MR) is 62.4 cm³/mol. The van der Waals surface area contributed by atoms with Gasteiger partial charge in [-0.15, -0.1) is 0 Å². The molecule has 3 aliphatic carbocycles. The highest BCUT2D eigenvalue weighted by Gasteiger charge is 2.69. The number of anilines is 1. The first-order chi connectivity index (χ1) is 7.69. The van der Waals surface area contributed by atoms with Crippen LogP contribution in [0.5, 0.6) is 0 Å². The van der Waals surface area contributed by atoms with Gasteiger partial charge in [0.05, 0.1) is 0 Å². The van der Waals surface area contributed by atoms with Crippen LogP contribution < -0.4 is 5.73 Å². The lowest BCUT2D eigenvalue weighted by Gasteiger charge is -2.34. The number of carbonyl (C=O) groups is 1. The van der Waals surface area contributed by atoms with E-state index < -0.39 is 0 Å². The second-order valence-corrected chi connectivity index (χ2v) is 5.73. The van der Waals surface area contributed by atoms with Crippen molar-refractivity contribution in [1.82, 2.24) is 0 Å². The first-order valence-electron chi connectivity index (χ1n) is 6.11. The van der Waals surface area contributed by atoms with Crippen LogP contribution in [0.2, 0.25) is 0 Å². The van der Waals surface area contributed by atoms with E-state index in [2.05, 4.69) is 0 Å². The number of nitrogen functional groups attached to an aromatic ring is 1. The van der Waals surface area contributed by atoms with E-state index in [-0.39, 0.29) is 0 Å². The molecule has 3 aliphatic rings. The van der Waals surface area contributed by atoms with E-state index >= 15 is 0 Å². The van der Waals surface area contributed by atoms with Gasteiger partial charge in [-0.1, -0.05) is 12.1 Å². The molecule has 82 valence electrons. The van der Waals surface area contributed by atoms with Gasteiger partial charge in [0, 0.05) is 23.1 Å². The molecule has 0 atom stereocenters. The summed E-state index contributed by atoms with van der Waals surface area (Å²) in [6.45, 7) is 0. The molecular formula is C14H15NO. The first kappa shape index (κ1) is 8.80. The highest BCUT2D eigenvalue weighted by atomic mass is 16.1. The summed E-state index contributed by atoms with van der Waals surface area (Å²) in [5.41, 5.74) is 9.67. The number of carbonyl (C=O) groups excluding carboxylic acids is 1. The number of hydrogen-bond donors (Lipinski definition) is 1. The van der Waals surface area contributed by atoms with Crippen LogP contribution in [0.1, 0.15) is 48.0 Å². The first-order valence-corrected chi connectivity index (χ1v) is 6.11. The molecule has 2 spiro atoms. The number of rotatable bonds is 0. The third-order valence-corrected chi connectivity index (χ3v) is 4.99. The number of nitrogens with two attached hydrogens (primary N) is 1. The Morgan fingerprint density at radius 2 is 1.88 bits per heavy atom. The number of ketones is 1. The zero-order chi connectivity index (χ0) is 11.0. The molecule has 2 fully saturated rings. The molecule has 16 heavy (non-hydrogen) atoms. The number of fused-ring (bicyclic) bond motifs is 3. The topological polar surface area (TPSA) is 43.1 Å². The molecule has 0 bridgehead atoms. The van der Waals surface area contributed by atoms with Crippen molar-refractivity contribution >= 4 is 11.5 Å². The zero-order valence-electron chi connectivity index (χ0n) is 9.25. The van der Waals surface area contributed by atoms with Gasteiger partial charge < -0.3 is 5.73 Å². The largest absolute Gasteiger partial charge is 0.398 e. The second kappa shape index (κ2) is 2.34. The van der Waals surface area contributed by atoms with E-state index in [1.165, 1.54) is 31.2 Å². The van der Waals surface area contributed by atoms with Crippen LogP contribution >= 0.6 is 0 Å². The number of Topliss-reactive ketones (excluding diaryl/α,β-unsaturated/α-hetero) is 1. The fourth-order valence-corrected chi connectivity index (χ4v) is 3.89. The van der Waals surface area contributed by atoms with Crippen molar-refractivity contribution in [3.63, 3.8) is 0 Å². The van der Waals surface area contributed by atoms with Gasteiger partial charge in [0.2, 0.25) is 0 Å². The van der Waals surface area contributed by atoms with Gasteiger partial charge in [0.15, 0.2) is 5.78 Å². The highest BCUT2D eigenvalue weighted by Crippen LogP contribution is 2.75. The third-order valence-electron chi connectivity index (χ3n) is 4.99. The average Bonchev–Trinajstić information content (AvgIpc) is 3.10. The number of hydrogen-bond acceptors (Lipinski definition) is 2. The average molecular weight is 213 g/mol. The standard InChI is InChI=1S/C14H15NO/c15-10-3-1-2-9-11(16)8-13(4-5-13)14(6-7-14)12(9)10/h1-3H,4-8,15H2. The van der Waals surface area contributed by atoms with E-state index in [0.717, 1.165) is 17.7 Å². The molecule has 1 aromatic rings. The molecule has 0 aromatic heterocycles. The minimum atomic E-state index is 0.293. The van der Waals surface area contributed by atoms with Gasteiger partial charge in [0.1, 0.15) is 0 Å². The Balaban J connectivity index is 2.03. The molecule has 0 heterocycles. The van der Waals surface area contributed by atoms with Crippen LogP contribution in [-0.4, -0.2) is 5.78 Å². The molecule has 0 aliphatic heterocycles. The van der Waals surface area contributed by atoms with Crippen molar-refractivity contribution in [1.29, 1.82) is 0 Å². The molecule has 2 saturated carbocycles. The lowest BCUT2D eigenvalue weighted by Crippen LogP contribution is -2.33. The molecule has 2 N–H and O–H groups in total. The lowest BCUT2D eigenvalue weighted by atomic mass is 9.68. The minimum absolute atomic E-state index is 0.293. The molecule has 2 nitrogen and oxygen atoms in total. The summed E-state index contributed by atoms with van der Waals surface area (Å²) >= 11 is 0. The van der Waals surface area contributed by atoms with Crippen LogP contribution in [0.4, 0.5) is 5.69 Å². The summed E-state index contributed by atoms with van der Waals surface area (Å²) in [5, 5.41) is 0. The van der Waals surface area contributed by atoms with Crippen molar-refractivity contribution in [2.45, 2.75) is 37.5 Å². The maximum absolute atomic E-state index is 12.2. The lowest BCUT2D eigenvalue weighted by molar-refractivity contribution is 0.0919. The van der Waals surface area contributed by atoms with Crippen LogP contribution in [0, 0.1) is 5.41 Å². The maximum atomic E-state index is 12.2. The second-order valence-electron chi connectivity index (χ2n) is 5.73. The van der Waals surface area contributed by atoms with E-state index in [4.69, 9.17) is 5.73 Å². The van der Waals surface area contributed by atoms with E-state index in [1.54, 1.807) is 0 Å². The molecule has 0 unspecified atom stereocenters. The van der Waals surface area contributed by atoms with Gasteiger partial charge in [-0.3, -0.25) is 4.79 Å². The molecule has 1 aromatic carbocycles. The van der Waals surface area contributed by atoms with Gasteiger partial charge in [-0.2, -0.15) is 0 Å². The number of benzene rings is 1. The Morgan fingerprint density at radius 3 is 2.50 bits per heavy atom. The summed E-state index contributed by atoms with van der Waals surface area (Å²) in [5.74, 6) is 0.317. The monoisotopic (exact) mass is 213 g/mol. The van der Waals surface area contributed by atoms with Gasteiger partial charge in [-0.05, 0) is 42.7 Å². The van der Waals surface area contributed by atoms with Gasteiger partial charge in [0.25, 0.3) is 0 Å². The Kier molecular flexibility index (Phi) is 1.29. The van der Waals surface area contributed by atoms with Crippen LogP contribution in [-0.2, 0) is 5.41 Å². The Bertz CT molecular complexity index is 509. The van der Waals surface area contributed by atoms with Crippen molar-refractivity contribution in [2.24, 2.45) is 5.41 Å². The SMILES string of the molecule is Nc1cccc2c1C1(CC1)C1(CC1)CC2=O. The molecule has 2 heteroatoms. The van der Waals surface area contributed by atoms with Gasteiger partial charge in [-0.25, -0.2) is 0 Å². The van der Waals surface area contributed by atoms with Crippen molar-refractivity contribution < 1.29 is 4.79 Å². The summed E-state index contributed by atoms with van der Waals surface area (Å²) < 4.78 is 0. The van der Waals surface area contributed by atoms with Crippen molar-refractivity contribution in [3.8, 4) is 0 Å². The maximum Gasteiger partial charge on any atom is 0.163 e. The predicted octanol–water partition coefficient (Wildman–Crippen LogP) is 2.67. The summed E-state index contributed by atoms with van der Waals surface area (Å²) in [6, 6.07) is 5.82. The van der Waals surface area contributed by atoms with E-state index in [0.29, 0.717) is 16.6 Å².